The molecule has 0 radical (unpaired) electrons. The predicted octanol–water partition coefficient (Wildman–Crippen LogP) is 0.887. The maximum atomic E-state index is 9.11. The molecule has 78 valence electrons. The van der Waals surface area contributed by atoms with Crippen LogP contribution in [0.25, 0.3) is 0 Å². The second-order valence-electron chi connectivity index (χ2n) is 2.87. The van der Waals surface area contributed by atoms with Crippen LogP contribution in [0.4, 0.5) is 0 Å². The molecular weight excluding hydrogens is 248 g/mol. The summed E-state index contributed by atoms with van der Waals surface area (Å²) in [5.41, 5.74) is 6.36. The second kappa shape index (κ2) is 5.29. The van der Waals surface area contributed by atoms with Crippen LogP contribution in [0, 0.1) is 0 Å². The fourth-order valence-electron chi connectivity index (χ4n) is 1.21. The van der Waals surface area contributed by atoms with E-state index in [0.29, 0.717) is 12.4 Å². The normalized spacial score (nSPS) is 12.6. The summed E-state index contributed by atoms with van der Waals surface area (Å²) >= 11 is 3.31. The Morgan fingerprint density at radius 3 is 2.93 bits per heavy atom. The second-order valence-corrected chi connectivity index (χ2v) is 3.78. The Morgan fingerprint density at radius 1 is 1.71 bits per heavy atom. The number of ether oxygens (including phenoxy) is 1. The van der Waals surface area contributed by atoms with Gasteiger partial charge in [0.1, 0.15) is 0 Å². The number of methoxy groups -OCH3 is 1. The molecule has 1 atom stereocenters. The van der Waals surface area contributed by atoms with E-state index in [9.17, 15) is 0 Å². The largest absolute Gasteiger partial charge is 0.481 e. The van der Waals surface area contributed by atoms with E-state index in [1.807, 2.05) is 6.07 Å². The molecule has 1 rings (SSSR count). The van der Waals surface area contributed by atoms with Gasteiger partial charge in [-0.05, 0) is 22.0 Å². The van der Waals surface area contributed by atoms with E-state index in [0.717, 1.165) is 10.0 Å². The van der Waals surface area contributed by atoms with Crippen LogP contribution in [0.3, 0.4) is 0 Å². The third-order valence-electron chi connectivity index (χ3n) is 1.98. The topological polar surface area (TPSA) is 68.4 Å². The van der Waals surface area contributed by atoms with Gasteiger partial charge in [0.2, 0.25) is 5.88 Å². The van der Waals surface area contributed by atoms with E-state index in [4.69, 9.17) is 15.6 Å². The maximum Gasteiger partial charge on any atom is 0.216 e. The molecule has 0 aliphatic carbocycles. The smallest absolute Gasteiger partial charge is 0.216 e. The first-order chi connectivity index (χ1) is 6.72. The number of aliphatic hydroxyl groups is 1. The molecule has 0 saturated carbocycles. The lowest BCUT2D eigenvalue weighted by atomic mass is 10.0. The van der Waals surface area contributed by atoms with E-state index < -0.39 is 0 Å². The molecule has 1 aromatic rings. The van der Waals surface area contributed by atoms with Crippen LogP contribution in [0.1, 0.15) is 11.5 Å². The number of hydrogen-bond donors (Lipinski definition) is 2. The van der Waals surface area contributed by atoms with Crippen LogP contribution in [-0.2, 0) is 0 Å². The van der Waals surface area contributed by atoms with E-state index in [1.54, 1.807) is 13.3 Å². The van der Waals surface area contributed by atoms with E-state index in [-0.39, 0.29) is 12.5 Å². The Kier molecular flexibility index (Phi) is 4.31. The van der Waals surface area contributed by atoms with Crippen LogP contribution < -0.4 is 10.5 Å². The highest BCUT2D eigenvalue weighted by Crippen LogP contribution is 2.26. The summed E-state index contributed by atoms with van der Waals surface area (Å²) in [5.74, 6) is 0.382. The van der Waals surface area contributed by atoms with Gasteiger partial charge in [-0.1, -0.05) is 0 Å². The quantitative estimate of drug-likeness (QED) is 0.844. The van der Waals surface area contributed by atoms with Crippen molar-refractivity contribution in [3.05, 3.63) is 22.3 Å². The molecule has 1 aromatic heterocycles. The van der Waals surface area contributed by atoms with Crippen molar-refractivity contribution in [2.45, 2.75) is 5.92 Å². The summed E-state index contributed by atoms with van der Waals surface area (Å²) in [4.78, 5) is 4.08. The predicted molar refractivity (Wildman–Crippen MR) is 57.4 cm³/mol. The standard InChI is InChI=1S/C9H13BrN2O2/c1-14-9-8(6(3-11)5-13)2-7(10)4-12-9/h2,4,6,13H,3,5,11H2,1H3. The fraction of sp³-hybridized carbons (Fsp3) is 0.444. The number of nitrogens with two attached hydrogens (primary N) is 1. The number of nitrogens with zero attached hydrogens (tertiary/aromatic N) is 1. The minimum atomic E-state index is -0.130. The molecule has 0 aromatic carbocycles. The van der Waals surface area contributed by atoms with Gasteiger partial charge in [-0.2, -0.15) is 0 Å². The number of aliphatic hydroxyl groups excluding tert-OH is 1. The van der Waals surface area contributed by atoms with E-state index in [1.165, 1.54) is 0 Å². The Hall–Kier alpha value is -0.650. The van der Waals surface area contributed by atoms with Gasteiger partial charge in [0.25, 0.3) is 0 Å². The molecule has 1 heterocycles. The van der Waals surface area contributed by atoms with Gasteiger partial charge >= 0.3 is 0 Å². The van der Waals surface area contributed by atoms with Gasteiger partial charge in [0.15, 0.2) is 0 Å². The summed E-state index contributed by atoms with van der Waals surface area (Å²) < 4.78 is 5.93. The number of halogens is 1. The van der Waals surface area contributed by atoms with Gasteiger partial charge in [0, 0.05) is 28.7 Å². The van der Waals surface area contributed by atoms with Crippen molar-refractivity contribution >= 4 is 15.9 Å². The van der Waals surface area contributed by atoms with E-state index >= 15 is 0 Å². The molecular formula is C9H13BrN2O2. The number of rotatable bonds is 4. The molecule has 0 amide bonds. The molecule has 5 heteroatoms. The van der Waals surface area contributed by atoms with Crippen molar-refractivity contribution in [3.63, 3.8) is 0 Å². The number of hydrogen-bond acceptors (Lipinski definition) is 4. The molecule has 14 heavy (non-hydrogen) atoms. The highest BCUT2D eigenvalue weighted by atomic mass is 79.9. The Morgan fingerprint density at radius 2 is 2.43 bits per heavy atom. The lowest BCUT2D eigenvalue weighted by Crippen LogP contribution is -2.17. The third kappa shape index (κ3) is 2.43. The summed E-state index contributed by atoms with van der Waals surface area (Å²) in [7, 11) is 1.55. The molecule has 0 aliphatic rings. The zero-order valence-electron chi connectivity index (χ0n) is 7.90. The summed E-state index contributed by atoms with van der Waals surface area (Å²) in [6.07, 6.45) is 1.65. The Bertz CT molecular complexity index is 303. The van der Waals surface area contributed by atoms with E-state index in [2.05, 4.69) is 20.9 Å². The molecule has 0 bridgehead atoms. The minimum Gasteiger partial charge on any atom is -0.481 e. The van der Waals surface area contributed by atoms with Gasteiger partial charge in [-0.15, -0.1) is 0 Å². The van der Waals surface area contributed by atoms with Gasteiger partial charge in [0.05, 0.1) is 13.7 Å². The molecule has 0 aliphatic heterocycles. The highest BCUT2D eigenvalue weighted by Gasteiger charge is 2.15. The summed E-state index contributed by atoms with van der Waals surface area (Å²) in [6.45, 7) is 0.357. The molecule has 1 unspecified atom stereocenters. The minimum absolute atomic E-state index is 0.00894. The fourth-order valence-corrected chi connectivity index (χ4v) is 1.55. The van der Waals surface area contributed by atoms with Crippen LogP contribution in [-0.4, -0.2) is 30.4 Å². The average molecular weight is 261 g/mol. The molecule has 0 spiro atoms. The Labute approximate surface area is 91.2 Å². The van der Waals surface area contributed by atoms with Gasteiger partial charge in [-0.3, -0.25) is 0 Å². The van der Waals surface area contributed by atoms with Crippen LogP contribution >= 0.6 is 15.9 Å². The van der Waals surface area contributed by atoms with Crippen molar-refractivity contribution in [1.82, 2.24) is 4.98 Å². The maximum absolute atomic E-state index is 9.11. The van der Waals surface area contributed by atoms with Gasteiger partial charge in [-0.25, -0.2) is 4.98 Å². The average Bonchev–Trinajstić information content (AvgIpc) is 2.20. The molecule has 0 saturated heterocycles. The first-order valence-corrected chi connectivity index (χ1v) is 5.02. The summed E-state index contributed by atoms with van der Waals surface area (Å²) in [5, 5.41) is 9.11. The van der Waals surface area contributed by atoms with Crippen LogP contribution in [0.5, 0.6) is 5.88 Å². The number of pyridine rings is 1. The van der Waals surface area contributed by atoms with Crippen LogP contribution in [0.2, 0.25) is 0 Å². The molecule has 3 N–H and O–H groups in total. The van der Waals surface area contributed by atoms with Crippen LogP contribution in [0.15, 0.2) is 16.7 Å². The lowest BCUT2D eigenvalue weighted by Gasteiger charge is -2.14. The third-order valence-corrected chi connectivity index (χ3v) is 2.42. The summed E-state index contributed by atoms with van der Waals surface area (Å²) in [6, 6.07) is 1.86. The first-order valence-electron chi connectivity index (χ1n) is 4.23. The monoisotopic (exact) mass is 260 g/mol. The van der Waals surface area contributed by atoms with Crippen molar-refractivity contribution in [3.8, 4) is 5.88 Å². The molecule has 4 nitrogen and oxygen atoms in total. The molecule has 0 fully saturated rings. The zero-order valence-corrected chi connectivity index (χ0v) is 9.49. The van der Waals surface area contributed by atoms with Crippen molar-refractivity contribution in [2.75, 3.05) is 20.3 Å². The van der Waals surface area contributed by atoms with Crippen molar-refractivity contribution in [2.24, 2.45) is 5.73 Å². The SMILES string of the molecule is COc1ncc(Br)cc1C(CN)CO. The first kappa shape index (κ1) is 11.4. The number of aromatic nitrogens is 1. The highest BCUT2D eigenvalue weighted by molar-refractivity contribution is 9.10. The van der Waals surface area contributed by atoms with Crippen molar-refractivity contribution < 1.29 is 9.84 Å². The zero-order chi connectivity index (χ0) is 10.6. The lowest BCUT2D eigenvalue weighted by molar-refractivity contribution is 0.263. The van der Waals surface area contributed by atoms with Crippen molar-refractivity contribution in [1.29, 1.82) is 0 Å². The Balaban J connectivity index is 3.08. The van der Waals surface area contributed by atoms with Gasteiger partial charge < -0.3 is 15.6 Å².